The van der Waals surface area contributed by atoms with Gasteiger partial charge in [0, 0.05) is 23.6 Å². The van der Waals surface area contributed by atoms with Gasteiger partial charge in [-0.15, -0.1) is 0 Å². The molecule has 0 fully saturated rings. The van der Waals surface area contributed by atoms with Crippen molar-refractivity contribution in [2.24, 2.45) is 0 Å². The molecule has 0 radical (unpaired) electrons. The van der Waals surface area contributed by atoms with Gasteiger partial charge in [-0.25, -0.2) is 0 Å². The molecule has 2 rings (SSSR count). The Labute approximate surface area is 173 Å². The molecule has 0 unspecified atom stereocenters. The van der Waals surface area contributed by atoms with Gasteiger partial charge in [0.1, 0.15) is 11.5 Å². The second-order valence-electron chi connectivity index (χ2n) is 7.83. The summed E-state index contributed by atoms with van der Waals surface area (Å²) in [5, 5.41) is 29.0. The van der Waals surface area contributed by atoms with E-state index >= 15 is 0 Å². The Kier molecular flexibility index (Phi) is 9.10. The lowest BCUT2D eigenvalue weighted by atomic mass is 10.0. The van der Waals surface area contributed by atoms with Crippen molar-refractivity contribution in [1.82, 2.24) is 0 Å². The Morgan fingerprint density at radius 1 is 0.793 bits per heavy atom. The number of benzene rings is 1. The van der Waals surface area contributed by atoms with E-state index in [1.165, 1.54) is 69.6 Å². The van der Waals surface area contributed by atoms with E-state index in [0.29, 0.717) is 29.1 Å². The number of phenols is 3. The fourth-order valence-electron chi connectivity index (χ4n) is 3.52. The van der Waals surface area contributed by atoms with E-state index in [0.717, 1.165) is 12.8 Å². The normalized spacial score (nSPS) is 11.1. The van der Waals surface area contributed by atoms with Crippen LogP contribution >= 0.6 is 0 Å². The Balaban J connectivity index is 1.89. The maximum atomic E-state index is 12.3. The van der Waals surface area contributed by atoms with Crippen LogP contribution in [0.3, 0.4) is 0 Å². The molecule has 0 atom stereocenters. The molecule has 0 bridgehead atoms. The molecular weight excluding hydrogens is 368 g/mol. The largest absolute Gasteiger partial charge is 0.504 e. The van der Waals surface area contributed by atoms with E-state index in [-0.39, 0.29) is 5.43 Å². The molecule has 2 aromatic rings. The van der Waals surface area contributed by atoms with Gasteiger partial charge in [0.15, 0.2) is 22.7 Å². The van der Waals surface area contributed by atoms with Crippen LogP contribution in [0.4, 0.5) is 0 Å². The zero-order chi connectivity index (χ0) is 21.2. The molecule has 5 heteroatoms. The SMILES string of the molecule is CCCCCCCCCCCCc1cc(=O)c(C)c(-c2cc(O)c(O)c(O)c2)o1. The molecule has 0 saturated heterocycles. The van der Waals surface area contributed by atoms with Gasteiger partial charge in [-0.3, -0.25) is 4.79 Å². The third kappa shape index (κ3) is 6.84. The number of unbranched alkanes of at least 4 members (excludes halogenated alkanes) is 9. The summed E-state index contributed by atoms with van der Waals surface area (Å²) >= 11 is 0. The highest BCUT2D eigenvalue weighted by atomic mass is 16.3. The van der Waals surface area contributed by atoms with Crippen molar-refractivity contribution < 1.29 is 19.7 Å². The van der Waals surface area contributed by atoms with Gasteiger partial charge in [0.05, 0.1) is 0 Å². The van der Waals surface area contributed by atoms with Crippen LogP contribution in [0.25, 0.3) is 11.3 Å². The second-order valence-corrected chi connectivity index (χ2v) is 7.83. The van der Waals surface area contributed by atoms with Crippen molar-refractivity contribution in [3.05, 3.63) is 39.7 Å². The monoisotopic (exact) mass is 402 g/mol. The first-order valence-corrected chi connectivity index (χ1v) is 10.8. The van der Waals surface area contributed by atoms with Crippen molar-refractivity contribution in [3.8, 4) is 28.6 Å². The number of hydrogen-bond acceptors (Lipinski definition) is 5. The van der Waals surface area contributed by atoms with E-state index < -0.39 is 17.2 Å². The molecule has 1 aromatic carbocycles. The van der Waals surface area contributed by atoms with Gasteiger partial charge in [0.25, 0.3) is 0 Å². The fourth-order valence-corrected chi connectivity index (χ4v) is 3.52. The average Bonchev–Trinajstić information content (AvgIpc) is 2.69. The molecule has 0 aliphatic heterocycles. The predicted octanol–water partition coefficient (Wildman–Crippen LogP) is 6.20. The van der Waals surface area contributed by atoms with Gasteiger partial charge in [0.2, 0.25) is 0 Å². The van der Waals surface area contributed by atoms with Crippen LogP contribution < -0.4 is 5.43 Å². The minimum Gasteiger partial charge on any atom is -0.504 e. The molecule has 0 spiro atoms. The molecule has 3 N–H and O–H groups in total. The number of aryl methyl sites for hydroxylation is 1. The van der Waals surface area contributed by atoms with Gasteiger partial charge in [-0.2, -0.15) is 0 Å². The topological polar surface area (TPSA) is 90.9 Å². The summed E-state index contributed by atoms with van der Waals surface area (Å²) in [6.07, 6.45) is 13.1. The lowest BCUT2D eigenvalue weighted by Gasteiger charge is -2.10. The maximum absolute atomic E-state index is 12.3. The molecule has 0 saturated carbocycles. The molecule has 5 nitrogen and oxygen atoms in total. The number of aromatic hydroxyl groups is 3. The van der Waals surface area contributed by atoms with Crippen LogP contribution in [0.5, 0.6) is 17.2 Å². The van der Waals surface area contributed by atoms with Crippen molar-refractivity contribution in [2.45, 2.75) is 84.5 Å². The summed E-state index contributed by atoms with van der Waals surface area (Å²) in [7, 11) is 0. The summed E-state index contributed by atoms with van der Waals surface area (Å²) in [5.74, 6) is -0.591. The molecule has 1 aromatic heterocycles. The van der Waals surface area contributed by atoms with Crippen molar-refractivity contribution in [2.75, 3.05) is 0 Å². The van der Waals surface area contributed by atoms with E-state index in [4.69, 9.17) is 4.42 Å². The molecule has 29 heavy (non-hydrogen) atoms. The summed E-state index contributed by atoms with van der Waals surface area (Å²) in [6.45, 7) is 3.88. The van der Waals surface area contributed by atoms with Gasteiger partial charge >= 0.3 is 0 Å². The minimum atomic E-state index is -0.588. The van der Waals surface area contributed by atoms with Crippen LogP contribution in [0, 0.1) is 6.92 Å². The van der Waals surface area contributed by atoms with Crippen LogP contribution in [0.1, 0.15) is 82.5 Å². The highest BCUT2D eigenvalue weighted by Gasteiger charge is 2.15. The van der Waals surface area contributed by atoms with E-state index in [2.05, 4.69) is 6.92 Å². The van der Waals surface area contributed by atoms with Gasteiger partial charge < -0.3 is 19.7 Å². The van der Waals surface area contributed by atoms with Crippen molar-refractivity contribution in [1.29, 1.82) is 0 Å². The van der Waals surface area contributed by atoms with Crippen molar-refractivity contribution >= 4 is 0 Å². The van der Waals surface area contributed by atoms with Crippen molar-refractivity contribution in [3.63, 3.8) is 0 Å². The van der Waals surface area contributed by atoms with Gasteiger partial charge in [-0.1, -0.05) is 64.7 Å². The minimum absolute atomic E-state index is 0.139. The van der Waals surface area contributed by atoms with Crippen LogP contribution in [-0.4, -0.2) is 15.3 Å². The first kappa shape index (κ1) is 22.9. The predicted molar refractivity (Wildman–Crippen MR) is 116 cm³/mol. The highest BCUT2D eigenvalue weighted by molar-refractivity contribution is 5.68. The summed E-state index contributed by atoms with van der Waals surface area (Å²) in [5.41, 5.74) is 0.624. The number of rotatable bonds is 12. The maximum Gasteiger partial charge on any atom is 0.200 e. The Morgan fingerprint density at radius 2 is 1.31 bits per heavy atom. The molecule has 0 amide bonds. The summed E-state index contributed by atoms with van der Waals surface area (Å²) in [6, 6.07) is 4.09. The Bertz CT molecular complexity index is 815. The van der Waals surface area contributed by atoms with Gasteiger partial charge in [-0.05, 0) is 25.5 Å². The van der Waals surface area contributed by atoms with E-state index in [1.54, 1.807) is 6.92 Å². The highest BCUT2D eigenvalue weighted by Crippen LogP contribution is 2.39. The lowest BCUT2D eigenvalue weighted by molar-refractivity contribution is 0.368. The molecule has 160 valence electrons. The number of hydrogen-bond donors (Lipinski definition) is 3. The molecular formula is C24H34O5. The Morgan fingerprint density at radius 3 is 1.86 bits per heavy atom. The Hall–Kier alpha value is -2.43. The zero-order valence-electron chi connectivity index (χ0n) is 17.7. The smallest absolute Gasteiger partial charge is 0.200 e. The second kappa shape index (κ2) is 11.5. The third-order valence-electron chi connectivity index (χ3n) is 5.34. The lowest BCUT2D eigenvalue weighted by Crippen LogP contribution is -2.07. The first-order valence-electron chi connectivity index (χ1n) is 10.8. The summed E-state index contributed by atoms with van der Waals surface area (Å²) in [4.78, 5) is 12.3. The van der Waals surface area contributed by atoms with Crippen LogP contribution in [-0.2, 0) is 6.42 Å². The third-order valence-corrected chi connectivity index (χ3v) is 5.34. The molecule has 0 aliphatic rings. The standard InChI is InChI=1S/C24H34O5/c1-3-4-5-6-7-8-9-10-11-12-13-19-16-20(25)17(2)24(29-19)18-14-21(26)23(28)22(27)15-18/h14-16,26-28H,3-13H2,1-2H3. The van der Waals surface area contributed by atoms with E-state index in [1.807, 2.05) is 0 Å². The fraction of sp³-hybridized carbons (Fsp3) is 0.542. The number of phenolic OH excluding ortho intramolecular Hbond substituents is 3. The molecule has 1 heterocycles. The zero-order valence-corrected chi connectivity index (χ0v) is 17.7. The first-order chi connectivity index (χ1) is 13.9. The van der Waals surface area contributed by atoms with Crippen LogP contribution in [0.15, 0.2) is 27.4 Å². The van der Waals surface area contributed by atoms with E-state index in [9.17, 15) is 20.1 Å². The molecule has 0 aliphatic carbocycles. The van der Waals surface area contributed by atoms with Crippen LogP contribution in [0.2, 0.25) is 0 Å². The average molecular weight is 403 g/mol. The summed E-state index contributed by atoms with van der Waals surface area (Å²) < 4.78 is 5.90. The quantitative estimate of drug-likeness (QED) is 0.291.